The topological polar surface area (TPSA) is 29.5 Å². The maximum Gasteiger partial charge on any atom is 0.261 e. The van der Waals surface area contributed by atoms with E-state index >= 15 is 0 Å². The van der Waals surface area contributed by atoms with Crippen molar-refractivity contribution in [1.82, 2.24) is 0 Å². The SMILES string of the molecule is CC(O)C1CC(O[Si](c2ccccc2)(c2ccccc2)C(C)(C)C)C1. The van der Waals surface area contributed by atoms with Gasteiger partial charge in [0.15, 0.2) is 0 Å². The minimum absolute atomic E-state index is 0.0195. The summed E-state index contributed by atoms with van der Waals surface area (Å²) < 4.78 is 7.02. The van der Waals surface area contributed by atoms with E-state index < -0.39 is 8.32 Å². The molecule has 1 N–H and O–H groups in total. The van der Waals surface area contributed by atoms with E-state index in [1.165, 1.54) is 10.4 Å². The molecule has 1 fully saturated rings. The lowest BCUT2D eigenvalue weighted by atomic mass is 9.79. The van der Waals surface area contributed by atoms with Crippen molar-refractivity contribution >= 4 is 18.7 Å². The molecule has 1 saturated carbocycles. The molecule has 0 bridgehead atoms. The van der Waals surface area contributed by atoms with E-state index in [4.69, 9.17) is 4.43 Å². The molecule has 3 rings (SSSR count). The van der Waals surface area contributed by atoms with E-state index in [1.807, 2.05) is 6.92 Å². The number of hydrogen-bond acceptors (Lipinski definition) is 2. The Bertz CT molecular complexity index is 631. The predicted molar refractivity (Wildman–Crippen MR) is 107 cm³/mol. The van der Waals surface area contributed by atoms with Gasteiger partial charge in [-0.25, -0.2) is 0 Å². The molecule has 3 heteroatoms. The van der Waals surface area contributed by atoms with E-state index in [2.05, 4.69) is 81.4 Å². The summed E-state index contributed by atoms with van der Waals surface area (Å²) in [5, 5.41) is 12.5. The number of benzene rings is 2. The number of aliphatic hydroxyl groups is 1. The number of aliphatic hydroxyl groups excluding tert-OH is 1. The number of rotatable bonds is 5. The molecule has 134 valence electrons. The average molecular weight is 355 g/mol. The molecule has 1 atom stereocenters. The van der Waals surface area contributed by atoms with Gasteiger partial charge in [0, 0.05) is 6.10 Å². The second kappa shape index (κ2) is 7.06. The fourth-order valence-corrected chi connectivity index (χ4v) is 8.74. The Balaban J connectivity index is 2.04. The smallest absolute Gasteiger partial charge is 0.261 e. The van der Waals surface area contributed by atoms with Gasteiger partial charge in [0.1, 0.15) is 0 Å². The first-order chi connectivity index (χ1) is 11.8. The van der Waals surface area contributed by atoms with Crippen LogP contribution in [0, 0.1) is 5.92 Å². The highest BCUT2D eigenvalue weighted by Crippen LogP contribution is 2.42. The van der Waals surface area contributed by atoms with Crippen LogP contribution in [0.5, 0.6) is 0 Å². The highest BCUT2D eigenvalue weighted by Gasteiger charge is 2.52. The Morgan fingerprint density at radius 3 is 1.72 bits per heavy atom. The van der Waals surface area contributed by atoms with Gasteiger partial charge in [-0.05, 0) is 41.1 Å². The van der Waals surface area contributed by atoms with Crippen LogP contribution in [0.15, 0.2) is 60.7 Å². The Morgan fingerprint density at radius 1 is 0.920 bits per heavy atom. The van der Waals surface area contributed by atoms with Crippen LogP contribution in [0.1, 0.15) is 40.5 Å². The van der Waals surface area contributed by atoms with Gasteiger partial charge in [0.05, 0.1) is 6.10 Å². The van der Waals surface area contributed by atoms with Crippen LogP contribution in [0.2, 0.25) is 5.04 Å². The third-order valence-electron chi connectivity index (χ3n) is 5.57. The second-order valence-electron chi connectivity index (χ2n) is 8.38. The Hall–Kier alpha value is -1.42. The van der Waals surface area contributed by atoms with Crippen molar-refractivity contribution in [3.63, 3.8) is 0 Å². The van der Waals surface area contributed by atoms with Gasteiger partial charge in [-0.3, -0.25) is 0 Å². The Kier molecular flexibility index (Phi) is 5.19. The first-order valence-electron chi connectivity index (χ1n) is 9.31. The molecule has 0 amide bonds. The van der Waals surface area contributed by atoms with Crippen molar-refractivity contribution in [3.8, 4) is 0 Å². The van der Waals surface area contributed by atoms with E-state index in [1.54, 1.807) is 0 Å². The van der Waals surface area contributed by atoms with Crippen LogP contribution in [0.4, 0.5) is 0 Å². The van der Waals surface area contributed by atoms with Crippen molar-refractivity contribution in [2.75, 3.05) is 0 Å². The molecule has 2 nitrogen and oxygen atoms in total. The van der Waals surface area contributed by atoms with Gasteiger partial charge in [-0.1, -0.05) is 81.4 Å². The van der Waals surface area contributed by atoms with E-state index in [0.717, 1.165) is 12.8 Å². The summed E-state index contributed by atoms with van der Waals surface area (Å²) in [6, 6.07) is 21.5. The van der Waals surface area contributed by atoms with Gasteiger partial charge in [-0.2, -0.15) is 0 Å². The van der Waals surface area contributed by atoms with Crippen LogP contribution >= 0.6 is 0 Å². The zero-order chi connectivity index (χ0) is 18.1. The Labute approximate surface area is 153 Å². The quantitative estimate of drug-likeness (QED) is 0.829. The summed E-state index contributed by atoms with van der Waals surface area (Å²) in [7, 11) is -2.43. The molecular weight excluding hydrogens is 324 g/mol. The Morgan fingerprint density at radius 2 is 1.36 bits per heavy atom. The van der Waals surface area contributed by atoms with Crippen LogP contribution in [-0.2, 0) is 4.43 Å². The van der Waals surface area contributed by atoms with Gasteiger partial charge in [0.25, 0.3) is 8.32 Å². The second-order valence-corrected chi connectivity index (χ2v) is 12.6. The molecule has 0 spiro atoms. The lowest BCUT2D eigenvalue weighted by molar-refractivity contribution is -0.0114. The van der Waals surface area contributed by atoms with Gasteiger partial charge in [0.2, 0.25) is 0 Å². The minimum Gasteiger partial charge on any atom is -0.404 e. The van der Waals surface area contributed by atoms with Crippen LogP contribution < -0.4 is 10.4 Å². The third-order valence-corrected chi connectivity index (χ3v) is 10.7. The van der Waals surface area contributed by atoms with E-state index in [0.29, 0.717) is 5.92 Å². The van der Waals surface area contributed by atoms with Crippen molar-refractivity contribution in [2.24, 2.45) is 5.92 Å². The highest BCUT2D eigenvalue weighted by molar-refractivity contribution is 6.99. The highest BCUT2D eigenvalue weighted by atomic mass is 28.4. The molecule has 2 aromatic rings. The van der Waals surface area contributed by atoms with Gasteiger partial charge in [-0.15, -0.1) is 0 Å². The molecule has 1 aliphatic carbocycles. The van der Waals surface area contributed by atoms with Crippen molar-refractivity contribution in [2.45, 2.75) is 57.8 Å². The standard InChI is InChI=1S/C22H30O2Si/c1-17(23)18-15-19(16-18)24-25(22(2,3)4,20-11-7-5-8-12-20)21-13-9-6-10-14-21/h5-14,17-19,23H,15-16H2,1-4H3. The molecule has 1 aliphatic rings. The van der Waals surface area contributed by atoms with Crippen molar-refractivity contribution < 1.29 is 9.53 Å². The molecule has 0 radical (unpaired) electrons. The molecule has 0 aromatic heterocycles. The monoisotopic (exact) mass is 354 g/mol. The van der Waals surface area contributed by atoms with E-state index in [9.17, 15) is 5.11 Å². The molecule has 0 saturated heterocycles. The lowest BCUT2D eigenvalue weighted by Gasteiger charge is -2.49. The summed E-state index contributed by atoms with van der Waals surface area (Å²) in [6.45, 7) is 8.82. The van der Waals surface area contributed by atoms with Crippen LogP contribution in [0.25, 0.3) is 0 Å². The third kappa shape index (κ3) is 3.46. The lowest BCUT2D eigenvalue weighted by Crippen LogP contribution is -2.68. The zero-order valence-electron chi connectivity index (χ0n) is 15.8. The number of hydrogen-bond donors (Lipinski definition) is 1. The average Bonchev–Trinajstić information content (AvgIpc) is 2.54. The molecular formula is C22H30O2Si. The first-order valence-corrected chi connectivity index (χ1v) is 11.2. The fraction of sp³-hybridized carbons (Fsp3) is 0.455. The summed E-state index contributed by atoms with van der Waals surface area (Å²) in [4.78, 5) is 0. The maximum atomic E-state index is 9.84. The fourth-order valence-electron chi connectivity index (χ4n) is 4.04. The van der Waals surface area contributed by atoms with Crippen LogP contribution in [-0.4, -0.2) is 25.6 Å². The zero-order valence-corrected chi connectivity index (χ0v) is 16.8. The molecule has 2 aromatic carbocycles. The summed E-state index contributed by atoms with van der Waals surface area (Å²) in [5.41, 5.74) is 0. The summed E-state index contributed by atoms with van der Waals surface area (Å²) in [6.07, 6.45) is 1.93. The minimum atomic E-state index is -2.43. The largest absolute Gasteiger partial charge is 0.404 e. The van der Waals surface area contributed by atoms with Crippen LogP contribution in [0.3, 0.4) is 0 Å². The molecule has 0 aliphatic heterocycles. The summed E-state index contributed by atoms with van der Waals surface area (Å²) in [5.74, 6) is 0.378. The van der Waals surface area contributed by atoms with Gasteiger partial charge < -0.3 is 9.53 Å². The van der Waals surface area contributed by atoms with E-state index in [-0.39, 0.29) is 17.2 Å². The normalized spacial score (nSPS) is 22.3. The molecule has 0 heterocycles. The summed E-state index contributed by atoms with van der Waals surface area (Å²) >= 11 is 0. The molecule has 25 heavy (non-hydrogen) atoms. The van der Waals surface area contributed by atoms with Crippen molar-refractivity contribution in [1.29, 1.82) is 0 Å². The maximum absolute atomic E-state index is 9.84. The first kappa shape index (κ1) is 18.4. The van der Waals surface area contributed by atoms with Crippen molar-refractivity contribution in [3.05, 3.63) is 60.7 Å². The van der Waals surface area contributed by atoms with Gasteiger partial charge >= 0.3 is 0 Å². The predicted octanol–water partition coefficient (Wildman–Crippen LogP) is 3.72. The molecule has 1 unspecified atom stereocenters.